The minimum absolute atomic E-state index is 0. The van der Waals surface area contributed by atoms with Gasteiger partial charge in [-0.3, -0.25) is 4.99 Å². The Morgan fingerprint density at radius 2 is 1.79 bits per heavy atom. The van der Waals surface area contributed by atoms with Gasteiger partial charge >= 0.3 is 0 Å². The number of aromatic amines is 1. The zero-order valence-corrected chi connectivity index (χ0v) is 19.4. The van der Waals surface area contributed by atoms with Crippen molar-refractivity contribution in [1.82, 2.24) is 15.6 Å². The Labute approximate surface area is 189 Å². The molecule has 0 bridgehead atoms. The molecule has 156 valence electrons. The number of fused-ring (bicyclic) bond motifs is 1. The first kappa shape index (κ1) is 22.9. The lowest BCUT2D eigenvalue weighted by atomic mass is 10.1. The molecule has 3 rings (SSSR count). The summed E-state index contributed by atoms with van der Waals surface area (Å²) >= 11 is 0. The average Bonchev–Trinajstić information content (AvgIpc) is 3.14. The van der Waals surface area contributed by atoms with Gasteiger partial charge < -0.3 is 25.1 Å². The molecule has 29 heavy (non-hydrogen) atoms. The lowest BCUT2D eigenvalue weighted by Crippen LogP contribution is -2.42. The molecule has 0 aliphatic carbocycles. The maximum atomic E-state index is 5.92. The van der Waals surface area contributed by atoms with Crippen LogP contribution < -0.4 is 20.1 Å². The van der Waals surface area contributed by atoms with Crippen LogP contribution in [-0.4, -0.2) is 44.3 Å². The normalized spacial score (nSPS) is 12.2. The fourth-order valence-corrected chi connectivity index (χ4v) is 3.04. The molecule has 0 fully saturated rings. The van der Waals surface area contributed by atoms with E-state index >= 15 is 0 Å². The minimum atomic E-state index is 0. The molecule has 1 aromatic heterocycles. The third kappa shape index (κ3) is 6.56. The van der Waals surface area contributed by atoms with Crippen LogP contribution in [0, 0.1) is 0 Å². The van der Waals surface area contributed by atoms with Crippen molar-refractivity contribution in [1.29, 1.82) is 0 Å². The van der Waals surface area contributed by atoms with Crippen LogP contribution in [0.5, 0.6) is 11.5 Å². The van der Waals surface area contributed by atoms with Crippen molar-refractivity contribution in [2.45, 2.75) is 19.4 Å². The van der Waals surface area contributed by atoms with E-state index in [1.807, 2.05) is 37.3 Å². The highest BCUT2D eigenvalue weighted by Gasteiger charge is 2.07. The Bertz CT molecular complexity index is 909. The highest BCUT2D eigenvalue weighted by atomic mass is 127. The zero-order chi connectivity index (χ0) is 19.8. The van der Waals surface area contributed by atoms with Crippen LogP contribution in [0.3, 0.4) is 0 Å². The van der Waals surface area contributed by atoms with E-state index in [1.165, 1.54) is 16.5 Å². The molecule has 7 heteroatoms. The highest BCUT2D eigenvalue weighted by molar-refractivity contribution is 14.0. The van der Waals surface area contributed by atoms with Crippen LogP contribution in [0.2, 0.25) is 0 Å². The van der Waals surface area contributed by atoms with Crippen molar-refractivity contribution >= 4 is 40.8 Å². The highest BCUT2D eigenvalue weighted by Crippen LogP contribution is 2.18. The molecule has 0 aliphatic heterocycles. The summed E-state index contributed by atoms with van der Waals surface area (Å²) in [6.45, 7) is 3.48. The Morgan fingerprint density at radius 3 is 2.52 bits per heavy atom. The fraction of sp³-hybridized carbons (Fsp3) is 0.318. The first-order chi connectivity index (χ1) is 13.7. The Hall–Kier alpha value is -2.42. The molecule has 3 N–H and O–H groups in total. The molecule has 1 unspecified atom stereocenters. The molecule has 1 atom stereocenters. The summed E-state index contributed by atoms with van der Waals surface area (Å²) in [4.78, 5) is 7.60. The van der Waals surface area contributed by atoms with E-state index in [2.05, 4.69) is 45.0 Å². The molecule has 1 heterocycles. The Morgan fingerprint density at radius 1 is 1.07 bits per heavy atom. The van der Waals surface area contributed by atoms with E-state index in [-0.39, 0.29) is 30.1 Å². The van der Waals surface area contributed by atoms with Crippen molar-refractivity contribution in [2.75, 3.05) is 27.2 Å². The number of ether oxygens (including phenoxy) is 2. The number of aromatic nitrogens is 1. The third-order valence-electron chi connectivity index (χ3n) is 4.54. The maximum Gasteiger partial charge on any atom is 0.191 e. The van der Waals surface area contributed by atoms with Crippen LogP contribution in [0.25, 0.3) is 10.9 Å². The van der Waals surface area contributed by atoms with Gasteiger partial charge in [-0.05, 0) is 49.2 Å². The van der Waals surface area contributed by atoms with Gasteiger partial charge in [0.05, 0.1) is 13.7 Å². The molecule has 0 saturated heterocycles. The molecule has 2 aromatic carbocycles. The number of H-pyrrole nitrogens is 1. The summed E-state index contributed by atoms with van der Waals surface area (Å²) in [5, 5.41) is 7.94. The molecule has 3 aromatic rings. The largest absolute Gasteiger partial charge is 0.497 e. The number of hydrogen-bond acceptors (Lipinski definition) is 3. The topological polar surface area (TPSA) is 70.7 Å². The van der Waals surface area contributed by atoms with E-state index < -0.39 is 0 Å². The summed E-state index contributed by atoms with van der Waals surface area (Å²) in [7, 11) is 3.43. The lowest BCUT2D eigenvalue weighted by Gasteiger charge is -2.18. The van der Waals surface area contributed by atoms with Gasteiger partial charge in [0.1, 0.15) is 17.6 Å². The van der Waals surface area contributed by atoms with Gasteiger partial charge in [0.15, 0.2) is 5.96 Å². The average molecular weight is 508 g/mol. The number of nitrogens with one attached hydrogen (secondary N) is 3. The Kier molecular flexibility index (Phi) is 9.11. The number of nitrogens with zero attached hydrogens (tertiary/aromatic N) is 1. The fourth-order valence-electron chi connectivity index (χ4n) is 3.04. The number of benzene rings is 2. The maximum absolute atomic E-state index is 5.92. The van der Waals surface area contributed by atoms with Gasteiger partial charge in [-0.1, -0.05) is 18.2 Å². The second kappa shape index (κ2) is 11.5. The predicted molar refractivity (Wildman–Crippen MR) is 130 cm³/mol. The van der Waals surface area contributed by atoms with Crippen LogP contribution in [0.4, 0.5) is 0 Å². The summed E-state index contributed by atoms with van der Waals surface area (Å²) in [5.41, 5.74) is 2.47. The summed E-state index contributed by atoms with van der Waals surface area (Å²) in [6, 6.07) is 15.9. The molecular formula is C22H29IN4O2. The first-order valence-electron chi connectivity index (χ1n) is 9.50. The van der Waals surface area contributed by atoms with Crippen molar-refractivity contribution in [3.63, 3.8) is 0 Å². The molecule has 0 spiro atoms. The van der Waals surface area contributed by atoms with Crippen LogP contribution in [-0.2, 0) is 6.42 Å². The molecule has 0 amide bonds. The number of rotatable bonds is 8. The van der Waals surface area contributed by atoms with Gasteiger partial charge in [0.25, 0.3) is 0 Å². The van der Waals surface area contributed by atoms with E-state index in [0.717, 1.165) is 30.4 Å². The SMILES string of the molecule is CN=C(NCCc1c[nH]c2ccccc12)NCC(C)Oc1ccc(OC)cc1.I. The van der Waals surface area contributed by atoms with Crippen LogP contribution >= 0.6 is 24.0 Å². The number of guanidine groups is 1. The minimum Gasteiger partial charge on any atom is -0.497 e. The third-order valence-corrected chi connectivity index (χ3v) is 4.54. The van der Waals surface area contributed by atoms with Crippen molar-refractivity contribution < 1.29 is 9.47 Å². The molecular weight excluding hydrogens is 479 g/mol. The molecule has 6 nitrogen and oxygen atoms in total. The van der Waals surface area contributed by atoms with Gasteiger partial charge in [0.2, 0.25) is 0 Å². The molecule has 0 saturated carbocycles. The predicted octanol–water partition coefficient (Wildman–Crippen LogP) is 3.97. The summed E-state index contributed by atoms with van der Waals surface area (Å²) < 4.78 is 11.1. The van der Waals surface area contributed by atoms with Crippen LogP contribution in [0.15, 0.2) is 59.7 Å². The van der Waals surface area contributed by atoms with Crippen molar-refractivity contribution in [2.24, 2.45) is 4.99 Å². The van der Waals surface area contributed by atoms with Gasteiger partial charge in [-0.15, -0.1) is 24.0 Å². The monoisotopic (exact) mass is 508 g/mol. The van der Waals surface area contributed by atoms with Crippen molar-refractivity contribution in [3.05, 3.63) is 60.3 Å². The summed E-state index contributed by atoms with van der Waals surface area (Å²) in [5.74, 6) is 2.40. The lowest BCUT2D eigenvalue weighted by molar-refractivity contribution is 0.223. The standard InChI is InChI=1S/C22H28N4O2.HI/c1-16(28-19-10-8-18(27-3)9-11-19)14-26-22(23-2)24-13-12-17-15-25-21-7-5-4-6-20(17)21;/h4-11,15-16,25H,12-14H2,1-3H3,(H2,23,24,26);1H. The summed E-state index contributed by atoms with van der Waals surface area (Å²) in [6.07, 6.45) is 3.00. The van der Waals surface area contributed by atoms with Gasteiger partial charge in [0, 0.05) is 30.7 Å². The molecule has 0 aliphatic rings. The second-order valence-corrected chi connectivity index (χ2v) is 6.59. The number of aliphatic imine (C=N–C) groups is 1. The van der Waals surface area contributed by atoms with E-state index in [0.29, 0.717) is 6.54 Å². The smallest absolute Gasteiger partial charge is 0.191 e. The second-order valence-electron chi connectivity index (χ2n) is 6.59. The number of para-hydroxylation sites is 1. The number of methoxy groups -OCH3 is 1. The van der Waals surface area contributed by atoms with E-state index in [1.54, 1.807) is 14.2 Å². The van der Waals surface area contributed by atoms with E-state index in [9.17, 15) is 0 Å². The van der Waals surface area contributed by atoms with E-state index in [4.69, 9.17) is 9.47 Å². The zero-order valence-electron chi connectivity index (χ0n) is 17.1. The Balaban J connectivity index is 0.00000300. The van der Waals surface area contributed by atoms with Crippen LogP contribution in [0.1, 0.15) is 12.5 Å². The quantitative estimate of drug-likeness (QED) is 0.245. The number of halogens is 1. The first-order valence-corrected chi connectivity index (χ1v) is 9.50. The van der Waals surface area contributed by atoms with Crippen molar-refractivity contribution in [3.8, 4) is 11.5 Å². The van der Waals surface area contributed by atoms with Gasteiger partial charge in [-0.2, -0.15) is 0 Å². The number of hydrogen-bond donors (Lipinski definition) is 3. The van der Waals surface area contributed by atoms with Gasteiger partial charge in [-0.25, -0.2) is 0 Å². The molecule has 0 radical (unpaired) electrons.